The summed E-state index contributed by atoms with van der Waals surface area (Å²) in [6.45, 7) is 2.17. The zero-order chi connectivity index (χ0) is 18.0. The van der Waals surface area contributed by atoms with E-state index in [4.69, 9.17) is 9.26 Å². The summed E-state index contributed by atoms with van der Waals surface area (Å²) in [6, 6.07) is 8.96. The molecule has 0 saturated carbocycles. The van der Waals surface area contributed by atoms with E-state index in [9.17, 15) is 9.59 Å². The Hall–Kier alpha value is -2.67. The van der Waals surface area contributed by atoms with Gasteiger partial charge >= 0.3 is 0 Å². The molecule has 2 heterocycles. The third-order valence-corrected chi connectivity index (χ3v) is 4.50. The lowest BCUT2D eigenvalue weighted by Crippen LogP contribution is -2.53. The van der Waals surface area contributed by atoms with Crippen molar-refractivity contribution in [1.82, 2.24) is 15.0 Å². The molecule has 1 saturated heterocycles. The molecule has 0 spiro atoms. The standard InChI is InChI=1S/C18H21N3O4/c1-12-6-4-5-7-14(12)16-17(24-11-15(22)21(16)3)18(23)20(2)10-13-8-9-25-19-13/h4-9,16-17H,10-11H2,1-3H3. The van der Waals surface area contributed by atoms with Gasteiger partial charge in [0.2, 0.25) is 5.91 Å². The van der Waals surface area contributed by atoms with Gasteiger partial charge in [0.15, 0.2) is 6.10 Å². The average Bonchev–Trinajstić information content (AvgIpc) is 3.10. The lowest BCUT2D eigenvalue weighted by molar-refractivity contribution is -0.167. The van der Waals surface area contributed by atoms with Gasteiger partial charge in [0.05, 0.1) is 12.6 Å². The van der Waals surface area contributed by atoms with Gasteiger partial charge in [-0.05, 0) is 18.1 Å². The molecule has 1 aromatic heterocycles. The quantitative estimate of drug-likeness (QED) is 0.842. The summed E-state index contributed by atoms with van der Waals surface area (Å²) in [5.41, 5.74) is 2.57. The number of hydrogen-bond donors (Lipinski definition) is 0. The summed E-state index contributed by atoms with van der Waals surface area (Å²) >= 11 is 0. The molecule has 1 fully saturated rings. The van der Waals surface area contributed by atoms with E-state index in [-0.39, 0.29) is 18.4 Å². The first kappa shape index (κ1) is 17.2. The number of carbonyl (C=O) groups excluding carboxylic acids is 2. The fourth-order valence-corrected chi connectivity index (χ4v) is 3.07. The van der Waals surface area contributed by atoms with Crippen LogP contribution in [0.25, 0.3) is 0 Å². The second-order valence-corrected chi connectivity index (χ2v) is 6.22. The van der Waals surface area contributed by atoms with Crippen LogP contribution in [0.15, 0.2) is 41.1 Å². The zero-order valence-electron chi connectivity index (χ0n) is 14.5. The molecule has 0 radical (unpaired) electrons. The normalized spacial score (nSPS) is 20.6. The Morgan fingerprint density at radius 1 is 1.36 bits per heavy atom. The Morgan fingerprint density at radius 3 is 2.80 bits per heavy atom. The number of hydrogen-bond acceptors (Lipinski definition) is 5. The van der Waals surface area contributed by atoms with Gasteiger partial charge in [-0.15, -0.1) is 0 Å². The molecule has 1 aliphatic heterocycles. The van der Waals surface area contributed by atoms with E-state index >= 15 is 0 Å². The smallest absolute Gasteiger partial charge is 0.254 e. The molecule has 2 unspecified atom stereocenters. The molecule has 7 heteroatoms. The summed E-state index contributed by atoms with van der Waals surface area (Å²) in [5.74, 6) is -0.341. The van der Waals surface area contributed by atoms with E-state index in [0.29, 0.717) is 12.2 Å². The van der Waals surface area contributed by atoms with Gasteiger partial charge in [-0.1, -0.05) is 29.4 Å². The van der Waals surface area contributed by atoms with Crippen LogP contribution in [0.3, 0.4) is 0 Å². The van der Waals surface area contributed by atoms with E-state index in [0.717, 1.165) is 11.1 Å². The highest BCUT2D eigenvalue weighted by molar-refractivity contribution is 5.86. The highest BCUT2D eigenvalue weighted by Gasteiger charge is 2.41. The summed E-state index contributed by atoms with van der Waals surface area (Å²) in [4.78, 5) is 28.2. The number of ether oxygens (including phenoxy) is 1. The van der Waals surface area contributed by atoms with Crippen molar-refractivity contribution in [2.45, 2.75) is 25.6 Å². The van der Waals surface area contributed by atoms with Crippen LogP contribution in [-0.4, -0.2) is 53.6 Å². The largest absolute Gasteiger partial charge is 0.364 e. The minimum atomic E-state index is -0.763. The SMILES string of the molecule is Cc1ccccc1C1C(C(=O)N(C)Cc2ccon2)OCC(=O)N1C. The van der Waals surface area contributed by atoms with E-state index in [1.807, 2.05) is 31.2 Å². The molecule has 2 aromatic rings. The predicted octanol–water partition coefficient (Wildman–Crippen LogP) is 1.54. The number of morpholine rings is 1. The monoisotopic (exact) mass is 343 g/mol. The third-order valence-electron chi connectivity index (χ3n) is 4.50. The van der Waals surface area contributed by atoms with Crippen LogP contribution < -0.4 is 0 Å². The minimum absolute atomic E-state index is 0.104. The van der Waals surface area contributed by atoms with Gasteiger partial charge < -0.3 is 19.1 Å². The van der Waals surface area contributed by atoms with Crippen LogP contribution in [0.2, 0.25) is 0 Å². The molecule has 2 atom stereocenters. The number of nitrogens with zero attached hydrogens (tertiary/aromatic N) is 3. The first-order chi connectivity index (χ1) is 12.0. The molecule has 2 amide bonds. The highest BCUT2D eigenvalue weighted by atomic mass is 16.5. The number of rotatable bonds is 4. The number of carbonyl (C=O) groups is 2. The first-order valence-corrected chi connectivity index (χ1v) is 8.06. The second kappa shape index (κ2) is 7.06. The topological polar surface area (TPSA) is 75.9 Å². The lowest BCUT2D eigenvalue weighted by atomic mass is 9.93. The van der Waals surface area contributed by atoms with E-state index in [1.54, 1.807) is 25.1 Å². The fourth-order valence-electron chi connectivity index (χ4n) is 3.07. The Balaban J connectivity index is 1.88. The van der Waals surface area contributed by atoms with Crippen molar-refractivity contribution in [3.8, 4) is 0 Å². The summed E-state index contributed by atoms with van der Waals surface area (Å²) in [7, 11) is 3.39. The van der Waals surface area contributed by atoms with Gasteiger partial charge in [-0.25, -0.2) is 0 Å². The van der Waals surface area contributed by atoms with Crippen LogP contribution in [0.1, 0.15) is 22.9 Å². The second-order valence-electron chi connectivity index (χ2n) is 6.22. The van der Waals surface area contributed by atoms with Crippen molar-refractivity contribution in [3.05, 3.63) is 53.4 Å². The molecule has 0 N–H and O–H groups in total. The number of aromatic nitrogens is 1. The molecule has 1 aromatic carbocycles. The van der Waals surface area contributed by atoms with Crippen LogP contribution in [0.5, 0.6) is 0 Å². The molecule has 0 bridgehead atoms. The van der Waals surface area contributed by atoms with Crippen molar-refractivity contribution >= 4 is 11.8 Å². The molecule has 7 nitrogen and oxygen atoms in total. The number of amides is 2. The lowest BCUT2D eigenvalue weighted by Gasteiger charge is -2.40. The molecule has 25 heavy (non-hydrogen) atoms. The van der Waals surface area contributed by atoms with Crippen LogP contribution in [-0.2, 0) is 20.9 Å². The van der Waals surface area contributed by atoms with Crippen LogP contribution >= 0.6 is 0 Å². The van der Waals surface area contributed by atoms with Crippen molar-refractivity contribution in [2.24, 2.45) is 0 Å². The molecule has 3 rings (SSSR count). The van der Waals surface area contributed by atoms with Crippen LogP contribution in [0.4, 0.5) is 0 Å². The van der Waals surface area contributed by atoms with Gasteiger partial charge in [0, 0.05) is 20.2 Å². The fraction of sp³-hybridized carbons (Fsp3) is 0.389. The molecule has 0 aliphatic carbocycles. The third kappa shape index (κ3) is 3.41. The van der Waals surface area contributed by atoms with Gasteiger partial charge in [-0.3, -0.25) is 9.59 Å². The average molecular weight is 343 g/mol. The van der Waals surface area contributed by atoms with E-state index < -0.39 is 12.1 Å². The van der Waals surface area contributed by atoms with Gasteiger partial charge in [0.25, 0.3) is 5.91 Å². The van der Waals surface area contributed by atoms with E-state index in [2.05, 4.69) is 5.16 Å². The Labute approximate surface area is 146 Å². The molecular weight excluding hydrogens is 322 g/mol. The van der Waals surface area contributed by atoms with Crippen molar-refractivity contribution in [2.75, 3.05) is 20.7 Å². The molecule has 1 aliphatic rings. The van der Waals surface area contributed by atoms with E-state index in [1.165, 1.54) is 11.2 Å². The predicted molar refractivity (Wildman–Crippen MR) is 89.4 cm³/mol. The highest BCUT2D eigenvalue weighted by Crippen LogP contribution is 2.32. The Morgan fingerprint density at radius 2 is 2.12 bits per heavy atom. The Bertz CT molecular complexity index is 759. The van der Waals surface area contributed by atoms with Gasteiger partial charge in [-0.2, -0.15) is 0 Å². The maximum atomic E-state index is 13.0. The van der Waals surface area contributed by atoms with Crippen molar-refractivity contribution in [1.29, 1.82) is 0 Å². The molecule has 132 valence electrons. The summed E-state index contributed by atoms with van der Waals surface area (Å²) < 4.78 is 10.5. The molecular formula is C18H21N3O4. The minimum Gasteiger partial charge on any atom is -0.364 e. The maximum absolute atomic E-state index is 13.0. The summed E-state index contributed by atoms with van der Waals surface area (Å²) in [5, 5.41) is 3.83. The number of benzene rings is 1. The number of aryl methyl sites for hydroxylation is 1. The van der Waals surface area contributed by atoms with Crippen molar-refractivity contribution in [3.63, 3.8) is 0 Å². The summed E-state index contributed by atoms with van der Waals surface area (Å²) in [6.07, 6.45) is 0.702. The van der Waals surface area contributed by atoms with Crippen molar-refractivity contribution < 1.29 is 18.8 Å². The number of likely N-dealkylation sites (N-methyl/N-ethyl adjacent to an activating group) is 2. The van der Waals surface area contributed by atoms with Crippen LogP contribution in [0, 0.1) is 6.92 Å². The maximum Gasteiger partial charge on any atom is 0.254 e. The van der Waals surface area contributed by atoms with Gasteiger partial charge in [0.1, 0.15) is 18.6 Å². The Kier molecular flexibility index (Phi) is 4.85. The zero-order valence-corrected chi connectivity index (χ0v) is 14.5. The first-order valence-electron chi connectivity index (χ1n) is 8.06.